The number of nitrogens with one attached hydrogen (secondary N) is 2. The van der Waals surface area contributed by atoms with Crippen molar-refractivity contribution in [2.45, 2.75) is 19.8 Å². The maximum Gasteiger partial charge on any atom is 0.255 e. The summed E-state index contributed by atoms with van der Waals surface area (Å²) in [5.41, 5.74) is 7.92. The first-order valence-electron chi connectivity index (χ1n) is 9.26. The van der Waals surface area contributed by atoms with E-state index < -0.39 is 0 Å². The van der Waals surface area contributed by atoms with E-state index in [1.165, 1.54) is 0 Å². The zero-order valence-electron chi connectivity index (χ0n) is 16.8. The number of nitrogens with zero attached hydrogens (tertiary/aromatic N) is 1. The second-order valence-corrected chi connectivity index (χ2v) is 6.37. The number of amides is 2. The predicted molar refractivity (Wildman–Crippen MR) is 125 cm³/mol. The topological polar surface area (TPSA) is 87.5 Å². The highest BCUT2D eigenvalue weighted by molar-refractivity contribution is 6.09. The molecule has 8 heteroatoms. The van der Waals surface area contributed by atoms with E-state index in [1.807, 2.05) is 19.2 Å². The summed E-state index contributed by atoms with van der Waals surface area (Å²) in [4.78, 5) is 27.0. The molecule has 0 unspecified atom stereocenters. The molecule has 2 rings (SSSR count). The fourth-order valence-corrected chi connectivity index (χ4v) is 2.66. The lowest BCUT2D eigenvalue weighted by Gasteiger charge is -2.19. The van der Waals surface area contributed by atoms with E-state index in [4.69, 9.17) is 5.73 Å². The molecule has 2 aromatic rings. The zero-order chi connectivity index (χ0) is 19.6. The number of nitrogens with two attached hydrogens (primary N) is 1. The fourth-order valence-electron chi connectivity index (χ4n) is 2.66. The fraction of sp³-hybridized carbons (Fsp3) is 0.333. The predicted octanol–water partition coefficient (Wildman–Crippen LogP) is 3.71. The molecule has 0 bridgehead atoms. The Balaban J connectivity index is 0.00000392. The number of carbonyl (C=O) groups excluding carboxylic acids is 2. The van der Waals surface area contributed by atoms with Crippen LogP contribution in [0.1, 0.15) is 40.5 Å². The molecule has 29 heavy (non-hydrogen) atoms. The van der Waals surface area contributed by atoms with E-state index >= 15 is 0 Å². The molecular formula is C21H30Cl2N4O2. The van der Waals surface area contributed by atoms with Gasteiger partial charge in [0.1, 0.15) is 0 Å². The van der Waals surface area contributed by atoms with E-state index in [0.717, 1.165) is 25.1 Å². The Morgan fingerprint density at radius 3 is 2.28 bits per heavy atom. The standard InChI is InChI=1S/C21H28N4O2.2ClH/c1-3-4-15-25(2)17-11-9-16(10-12-17)20(26)24-19-8-6-5-7-18(19)21(27)23-14-13-22;;/h5-12H,3-4,13-15,22H2,1-2H3,(H,23,27)(H,24,26);2*1H. The first-order valence-corrected chi connectivity index (χ1v) is 9.26. The Bertz CT molecular complexity index is 770. The Hall–Kier alpha value is -2.28. The second-order valence-electron chi connectivity index (χ2n) is 6.37. The largest absolute Gasteiger partial charge is 0.375 e. The maximum absolute atomic E-state index is 12.6. The highest BCUT2D eigenvalue weighted by Gasteiger charge is 2.14. The molecule has 0 aromatic heterocycles. The Morgan fingerprint density at radius 2 is 1.66 bits per heavy atom. The van der Waals surface area contributed by atoms with Crippen LogP contribution in [0.3, 0.4) is 0 Å². The molecule has 0 spiro atoms. The lowest BCUT2D eigenvalue weighted by Crippen LogP contribution is -2.30. The minimum Gasteiger partial charge on any atom is -0.375 e. The van der Waals surface area contributed by atoms with Crippen molar-refractivity contribution in [3.05, 3.63) is 59.7 Å². The minimum atomic E-state index is -0.260. The molecule has 0 aliphatic rings. The average Bonchev–Trinajstić information content (AvgIpc) is 2.70. The van der Waals surface area contributed by atoms with E-state index in [0.29, 0.717) is 29.9 Å². The first-order chi connectivity index (χ1) is 13.1. The Kier molecular flexibility index (Phi) is 12.7. The van der Waals surface area contributed by atoms with Gasteiger partial charge in [-0.2, -0.15) is 0 Å². The van der Waals surface area contributed by atoms with Crippen LogP contribution in [0.4, 0.5) is 11.4 Å². The van der Waals surface area contributed by atoms with Crippen LogP contribution in [0.15, 0.2) is 48.5 Å². The number of hydrogen-bond acceptors (Lipinski definition) is 4. The molecule has 0 fully saturated rings. The van der Waals surface area contributed by atoms with Crippen LogP contribution in [-0.4, -0.2) is 38.5 Å². The molecule has 0 heterocycles. The molecule has 2 amide bonds. The lowest BCUT2D eigenvalue weighted by molar-refractivity contribution is 0.0955. The summed E-state index contributed by atoms with van der Waals surface area (Å²) < 4.78 is 0. The monoisotopic (exact) mass is 440 g/mol. The van der Waals surface area contributed by atoms with Gasteiger partial charge in [0.25, 0.3) is 11.8 Å². The average molecular weight is 441 g/mol. The third-order valence-electron chi connectivity index (χ3n) is 4.27. The maximum atomic E-state index is 12.6. The molecular weight excluding hydrogens is 411 g/mol. The van der Waals surface area contributed by atoms with Crippen LogP contribution in [0.25, 0.3) is 0 Å². The van der Waals surface area contributed by atoms with Crippen LogP contribution in [0.5, 0.6) is 0 Å². The SMILES string of the molecule is CCCCN(C)c1ccc(C(=O)Nc2ccccc2C(=O)NCCN)cc1.Cl.Cl. The van der Waals surface area contributed by atoms with Gasteiger partial charge in [0.15, 0.2) is 0 Å². The number of anilines is 2. The lowest BCUT2D eigenvalue weighted by atomic mass is 10.1. The number of hydrogen-bond donors (Lipinski definition) is 3. The van der Waals surface area contributed by atoms with Crippen LogP contribution in [0, 0.1) is 0 Å². The molecule has 0 atom stereocenters. The second kappa shape index (κ2) is 13.8. The number of benzene rings is 2. The number of unbranched alkanes of at least 4 members (excludes halogenated alkanes) is 1. The van der Waals surface area contributed by atoms with Gasteiger partial charge in [0.2, 0.25) is 0 Å². The summed E-state index contributed by atoms with van der Waals surface area (Å²) in [6.07, 6.45) is 2.27. The van der Waals surface area contributed by atoms with Crippen molar-refractivity contribution in [3.8, 4) is 0 Å². The van der Waals surface area contributed by atoms with Gasteiger partial charge < -0.3 is 21.3 Å². The summed E-state index contributed by atoms with van der Waals surface area (Å²) in [5.74, 6) is -0.513. The van der Waals surface area contributed by atoms with Crippen molar-refractivity contribution >= 4 is 48.0 Å². The number of rotatable bonds is 9. The highest BCUT2D eigenvalue weighted by Crippen LogP contribution is 2.18. The van der Waals surface area contributed by atoms with Gasteiger partial charge in [-0.15, -0.1) is 24.8 Å². The third kappa shape index (κ3) is 7.93. The minimum absolute atomic E-state index is 0. The number of halogens is 2. The van der Waals surface area contributed by atoms with Gasteiger partial charge in [-0.25, -0.2) is 0 Å². The summed E-state index contributed by atoms with van der Waals surface area (Å²) in [6, 6.07) is 14.4. The van der Waals surface area contributed by atoms with Crippen molar-refractivity contribution in [2.75, 3.05) is 36.9 Å². The van der Waals surface area contributed by atoms with Crippen LogP contribution in [-0.2, 0) is 0 Å². The van der Waals surface area contributed by atoms with Gasteiger partial charge in [-0.05, 0) is 42.8 Å². The molecule has 0 saturated carbocycles. The van der Waals surface area contributed by atoms with Gasteiger partial charge in [-0.1, -0.05) is 25.5 Å². The molecule has 0 radical (unpaired) electrons. The quantitative estimate of drug-likeness (QED) is 0.554. The Labute approximate surface area is 185 Å². The van der Waals surface area contributed by atoms with Crippen molar-refractivity contribution in [1.29, 1.82) is 0 Å². The van der Waals surface area contributed by atoms with Gasteiger partial charge in [-0.3, -0.25) is 9.59 Å². The molecule has 6 nitrogen and oxygen atoms in total. The molecule has 2 aromatic carbocycles. The van der Waals surface area contributed by atoms with Gasteiger partial charge in [0.05, 0.1) is 11.3 Å². The van der Waals surface area contributed by atoms with Crippen molar-refractivity contribution in [1.82, 2.24) is 5.32 Å². The number of carbonyl (C=O) groups is 2. The van der Waals surface area contributed by atoms with E-state index in [9.17, 15) is 9.59 Å². The van der Waals surface area contributed by atoms with Gasteiger partial charge >= 0.3 is 0 Å². The van der Waals surface area contributed by atoms with E-state index in [-0.39, 0.29) is 36.6 Å². The van der Waals surface area contributed by atoms with Crippen LogP contribution >= 0.6 is 24.8 Å². The zero-order valence-corrected chi connectivity index (χ0v) is 18.4. The summed E-state index contributed by atoms with van der Waals surface area (Å²) in [7, 11) is 2.04. The Morgan fingerprint density at radius 1 is 1.00 bits per heavy atom. The first kappa shape index (κ1) is 26.7. The van der Waals surface area contributed by atoms with Crippen molar-refractivity contribution in [2.24, 2.45) is 5.73 Å². The third-order valence-corrected chi connectivity index (χ3v) is 4.27. The van der Waals surface area contributed by atoms with E-state index in [1.54, 1.807) is 36.4 Å². The van der Waals surface area contributed by atoms with E-state index in [2.05, 4.69) is 22.5 Å². The summed E-state index contributed by atoms with van der Waals surface area (Å²) in [6.45, 7) is 3.89. The smallest absolute Gasteiger partial charge is 0.255 e. The van der Waals surface area contributed by atoms with Crippen molar-refractivity contribution in [3.63, 3.8) is 0 Å². The molecule has 0 aliphatic carbocycles. The molecule has 0 aliphatic heterocycles. The molecule has 0 saturated heterocycles. The van der Waals surface area contributed by atoms with Crippen molar-refractivity contribution < 1.29 is 9.59 Å². The molecule has 160 valence electrons. The van der Waals surface area contributed by atoms with Crippen LogP contribution in [0.2, 0.25) is 0 Å². The highest BCUT2D eigenvalue weighted by atomic mass is 35.5. The van der Waals surface area contributed by atoms with Crippen LogP contribution < -0.4 is 21.3 Å². The number of para-hydroxylation sites is 1. The summed E-state index contributed by atoms with van der Waals surface area (Å²) in [5, 5.41) is 5.54. The summed E-state index contributed by atoms with van der Waals surface area (Å²) >= 11 is 0. The van der Waals surface area contributed by atoms with Gasteiger partial charge in [0, 0.05) is 37.9 Å². The normalized spacial score (nSPS) is 9.62. The molecule has 4 N–H and O–H groups in total.